The van der Waals surface area contributed by atoms with Gasteiger partial charge < -0.3 is 10.3 Å². The zero-order chi connectivity index (χ0) is 13.2. The highest BCUT2D eigenvalue weighted by molar-refractivity contribution is 6.43. The van der Waals surface area contributed by atoms with Crippen molar-refractivity contribution < 1.29 is 0 Å². The molecule has 1 aromatic heterocycles. The van der Waals surface area contributed by atoms with Crippen LogP contribution >= 0.6 is 23.2 Å². The predicted molar refractivity (Wildman–Crippen MR) is 78.7 cm³/mol. The van der Waals surface area contributed by atoms with Crippen molar-refractivity contribution >= 4 is 23.2 Å². The molecule has 0 saturated carbocycles. The van der Waals surface area contributed by atoms with Gasteiger partial charge in [-0.1, -0.05) is 35.3 Å². The lowest BCUT2D eigenvalue weighted by molar-refractivity contribution is 0.565. The first-order valence-corrected chi connectivity index (χ1v) is 7.18. The van der Waals surface area contributed by atoms with E-state index >= 15 is 0 Å². The quantitative estimate of drug-likeness (QED) is 0.909. The largest absolute Gasteiger partial charge is 0.342 e. The van der Waals surface area contributed by atoms with Crippen molar-refractivity contribution in [1.82, 2.24) is 15.3 Å². The molecule has 100 valence electrons. The predicted octanol–water partition coefficient (Wildman–Crippen LogP) is 3.54. The SMILES string of the molecule is Clc1cccc(-c2cnc(CC3CCNC3)[nH]2)c1Cl. The molecule has 5 heteroatoms. The van der Waals surface area contributed by atoms with E-state index in [2.05, 4.69) is 15.3 Å². The molecule has 1 aliphatic heterocycles. The molecule has 1 fully saturated rings. The molecule has 3 rings (SSSR count). The molecule has 1 aliphatic rings. The zero-order valence-corrected chi connectivity index (χ0v) is 11.9. The summed E-state index contributed by atoms with van der Waals surface area (Å²) in [5, 5.41) is 4.50. The van der Waals surface area contributed by atoms with Gasteiger partial charge in [0.25, 0.3) is 0 Å². The van der Waals surface area contributed by atoms with E-state index in [-0.39, 0.29) is 0 Å². The Labute approximate surface area is 122 Å². The minimum absolute atomic E-state index is 0.565. The molecule has 0 bridgehead atoms. The lowest BCUT2D eigenvalue weighted by Crippen LogP contribution is -2.11. The number of aromatic nitrogens is 2. The Kier molecular flexibility index (Phi) is 3.78. The summed E-state index contributed by atoms with van der Waals surface area (Å²) in [6.07, 6.45) is 4.02. The van der Waals surface area contributed by atoms with Crippen molar-refractivity contribution in [2.75, 3.05) is 13.1 Å². The lowest BCUT2D eigenvalue weighted by Gasteiger charge is -2.05. The summed E-state index contributed by atoms with van der Waals surface area (Å²) in [6, 6.07) is 5.63. The molecule has 3 nitrogen and oxygen atoms in total. The van der Waals surface area contributed by atoms with Gasteiger partial charge in [0.1, 0.15) is 5.82 Å². The first kappa shape index (κ1) is 13.0. The van der Waals surface area contributed by atoms with E-state index in [1.807, 2.05) is 18.3 Å². The summed E-state index contributed by atoms with van der Waals surface area (Å²) >= 11 is 12.3. The highest BCUT2D eigenvalue weighted by Gasteiger charge is 2.17. The number of H-pyrrole nitrogens is 1. The number of benzene rings is 1. The first-order valence-electron chi connectivity index (χ1n) is 6.43. The Bertz CT molecular complexity index is 574. The summed E-state index contributed by atoms with van der Waals surface area (Å²) in [5.41, 5.74) is 1.82. The van der Waals surface area contributed by atoms with Crippen LogP contribution in [0.4, 0.5) is 0 Å². The van der Waals surface area contributed by atoms with Crippen LogP contribution in [0.2, 0.25) is 10.0 Å². The van der Waals surface area contributed by atoms with Crippen LogP contribution in [0.5, 0.6) is 0 Å². The van der Waals surface area contributed by atoms with E-state index in [9.17, 15) is 0 Å². The van der Waals surface area contributed by atoms with Crippen molar-refractivity contribution in [3.63, 3.8) is 0 Å². The molecular weight excluding hydrogens is 281 g/mol. The number of nitrogens with one attached hydrogen (secondary N) is 2. The molecule has 2 aromatic rings. The van der Waals surface area contributed by atoms with Crippen LogP contribution in [0.15, 0.2) is 24.4 Å². The summed E-state index contributed by atoms with van der Waals surface area (Å²) in [4.78, 5) is 7.78. The number of hydrogen-bond acceptors (Lipinski definition) is 2. The van der Waals surface area contributed by atoms with Crippen molar-refractivity contribution in [3.8, 4) is 11.3 Å². The molecule has 2 heterocycles. The van der Waals surface area contributed by atoms with Crippen molar-refractivity contribution in [2.24, 2.45) is 5.92 Å². The third-order valence-corrected chi connectivity index (χ3v) is 4.33. The van der Waals surface area contributed by atoms with Crippen molar-refractivity contribution in [1.29, 1.82) is 0 Å². The third kappa shape index (κ3) is 2.78. The van der Waals surface area contributed by atoms with Gasteiger partial charge >= 0.3 is 0 Å². The molecule has 0 radical (unpaired) electrons. The summed E-state index contributed by atoms with van der Waals surface area (Å²) in [6.45, 7) is 2.19. The molecule has 0 spiro atoms. The van der Waals surface area contributed by atoms with Gasteiger partial charge in [-0.15, -0.1) is 0 Å². The number of nitrogens with zero attached hydrogens (tertiary/aromatic N) is 1. The van der Waals surface area contributed by atoms with E-state index in [1.54, 1.807) is 6.07 Å². The maximum atomic E-state index is 6.22. The molecule has 0 amide bonds. The van der Waals surface area contributed by atoms with Crippen LogP contribution in [0.3, 0.4) is 0 Å². The second-order valence-electron chi connectivity index (χ2n) is 4.91. The molecular formula is C14H15Cl2N3. The third-order valence-electron chi connectivity index (χ3n) is 3.51. The molecule has 19 heavy (non-hydrogen) atoms. The summed E-state index contributed by atoms with van der Waals surface area (Å²) < 4.78 is 0. The fourth-order valence-corrected chi connectivity index (χ4v) is 2.88. The maximum absolute atomic E-state index is 6.22. The number of aromatic amines is 1. The Balaban J connectivity index is 1.82. The maximum Gasteiger partial charge on any atom is 0.106 e. The smallest absolute Gasteiger partial charge is 0.106 e. The van der Waals surface area contributed by atoms with Gasteiger partial charge in [0.2, 0.25) is 0 Å². The lowest BCUT2D eigenvalue weighted by atomic mass is 10.1. The monoisotopic (exact) mass is 295 g/mol. The van der Waals surface area contributed by atoms with Crippen LogP contribution < -0.4 is 5.32 Å². The van der Waals surface area contributed by atoms with E-state index < -0.39 is 0 Å². The Morgan fingerprint density at radius 3 is 3.00 bits per heavy atom. The van der Waals surface area contributed by atoms with Crippen LogP contribution in [0.1, 0.15) is 12.2 Å². The Morgan fingerprint density at radius 2 is 2.21 bits per heavy atom. The summed E-state index contributed by atoms with van der Waals surface area (Å²) in [5.74, 6) is 1.69. The van der Waals surface area contributed by atoms with Gasteiger partial charge in [-0.3, -0.25) is 0 Å². The van der Waals surface area contributed by atoms with E-state index in [0.29, 0.717) is 16.0 Å². The molecule has 1 unspecified atom stereocenters. The Morgan fingerprint density at radius 1 is 1.32 bits per heavy atom. The molecule has 1 atom stereocenters. The second-order valence-corrected chi connectivity index (χ2v) is 5.69. The van der Waals surface area contributed by atoms with Gasteiger partial charge in [0.15, 0.2) is 0 Å². The average Bonchev–Trinajstić information content (AvgIpc) is 3.05. The fraction of sp³-hybridized carbons (Fsp3) is 0.357. The van der Waals surface area contributed by atoms with Crippen LogP contribution in [0, 0.1) is 5.92 Å². The van der Waals surface area contributed by atoms with Crippen molar-refractivity contribution in [2.45, 2.75) is 12.8 Å². The standard InChI is InChI=1S/C14H15Cl2N3/c15-11-3-1-2-10(14(11)16)12-8-18-13(19-12)6-9-4-5-17-7-9/h1-3,8-9,17H,4-7H2,(H,18,19). The van der Waals surface area contributed by atoms with E-state index in [1.165, 1.54) is 6.42 Å². The Hall–Kier alpha value is -1.03. The number of hydrogen-bond donors (Lipinski definition) is 2. The van der Waals surface area contributed by atoms with Gasteiger partial charge in [0, 0.05) is 12.0 Å². The summed E-state index contributed by atoms with van der Waals surface area (Å²) in [7, 11) is 0. The van der Waals surface area contributed by atoms with E-state index in [0.717, 1.165) is 36.6 Å². The highest BCUT2D eigenvalue weighted by Crippen LogP contribution is 2.32. The number of imidazole rings is 1. The highest BCUT2D eigenvalue weighted by atomic mass is 35.5. The zero-order valence-electron chi connectivity index (χ0n) is 10.4. The average molecular weight is 296 g/mol. The molecule has 1 aromatic carbocycles. The molecule has 1 saturated heterocycles. The van der Waals surface area contributed by atoms with Crippen molar-refractivity contribution in [3.05, 3.63) is 40.3 Å². The molecule has 2 N–H and O–H groups in total. The number of rotatable bonds is 3. The number of halogens is 2. The van der Waals surface area contributed by atoms with Gasteiger partial charge in [-0.05, 0) is 31.5 Å². The molecule has 0 aliphatic carbocycles. The topological polar surface area (TPSA) is 40.7 Å². The van der Waals surface area contributed by atoms with Gasteiger partial charge in [0.05, 0.1) is 21.9 Å². The minimum atomic E-state index is 0.565. The van der Waals surface area contributed by atoms with Gasteiger partial charge in [-0.25, -0.2) is 4.98 Å². The second kappa shape index (κ2) is 5.53. The van der Waals surface area contributed by atoms with Crippen LogP contribution in [-0.4, -0.2) is 23.1 Å². The van der Waals surface area contributed by atoms with Gasteiger partial charge in [-0.2, -0.15) is 0 Å². The minimum Gasteiger partial charge on any atom is -0.342 e. The van der Waals surface area contributed by atoms with Crippen LogP contribution in [-0.2, 0) is 6.42 Å². The normalized spacial score (nSPS) is 18.9. The van der Waals surface area contributed by atoms with E-state index in [4.69, 9.17) is 23.2 Å². The fourth-order valence-electron chi connectivity index (χ4n) is 2.48. The van der Waals surface area contributed by atoms with Crippen LogP contribution in [0.25, 0.3) is 11.3 Å². The first-order chi connectivity index (χ1) is 9.24.